The molecule has 0 heterocycles. The van der Waals surface area contributed by atoms with Crippen LogP contribution in [-0.2, 0) is 4.79 Å². The van der Waals surface area contributed by atoms with Gasteiger partial charge in [0.2, 0.25) is 5.91 Å². The van der Waals surface area contributed by atoms with E-state index >= 15 is 0 Å². The Balaban J connectivity index is 2.09. The van der Waals surface area contributed by atoms with Crippen molar-refractivity contribution in [3.8, 4) is 11.8 Å². The van der Waals surface area contributed by atoms with E-state index in [1.807, 2.05) is 25.1 Å². The van der Waals surface area contributed by atoms with E-state index in [4.69, 9.17) is 5.11 Å². The molecular formula is C17H21NO2. The molecule has 20 heavy (non-hydrogen) atoms. The highest BCUT2D eigenvalue weighted by Gasteiger charge is 2.50. The number of amides is 1. The number of hydrogen-bond acceptors (Lipinski definition) is 2. The number of carbonyl (C=O) groups is 1. The van der Waals surface area contributed by atoms with E-state index in [9.17, 15) is 4.79 Å². The van der Waals surface area contributed by atoms with Crippen LogP contribution in [0.4, 0.5) is 5.69 Å². The van der Waals surface area contributed by atoms with Crippen LogP contribution in [0, 0.1) is 30.1 Å². The van der Waals surface area contributed by atoms with Crippen LogP contribution in [-0.4, -0.2) is 17.6 Å². The number of carbonyl (C=O) groups excluding carboxylic acids is 1. The summed E-state index contributed by atoms with van der Waals surface area (Å²) in [6, 6.07) is 5.80. The summed E-state index contributed by atoms with van der Waals surface area (Å²) < 4.78 is 0. The summed E-state index contributed by atoms with van der Waals surface area (Å²) in [5, 5.41) is 11.7. The van der Waals surface area contributed by atoms with Crippen molar-refractivity contribution >= 4 is 11.6 Å². The Labute approximate surface area is 120 Å². The fourth-order valence-corrected chi connectivity index (χ4v) is 2.29. The van der Waals surface area contributed by atoms with Gasteiger partial charge in [0.25, 0.3) is 0 Å². The summed E-state index contributed by atoms with van der Waals surface area (Å²) >= 11 is 0. The highest BCUT2D eigenvalue weighted by molar-refractivity contribution is 5.95. The standard InChI is InChI=1S/C17H21NO2/c1-12-8-13(6-4-5-7-19)10-14(9-12)18-16(20)15-11-17(15,2)3/h8-10,15,19H,5,7,11H2,1-3H3,(H,18,20). The highest BCUT2D eigenvalue weighted by Crippen LogP contribution is 2.51. The summed E-state index contributed by atoms with van der Waals surface area (Å²) in [5.74, 6) is 6.10. The van der Waals surface area contributed by atoms with Crippen LogP contribution >= 0.6 is 0 Å². The van der Waals surface area contributed by atoms with Gasteiger partial charge in [-0.15, -0.1) is 0 Å². The lowest BCUT2D eigenvalue weighted by Crippen LogP contribution is -2.16. The van der Waals surface area contributed by atoms with Crippen molar-refractivity contribution in [3.63, 3.8) is 0 Å². The molecule has 1 aliphatic rings. The SMILES string of the molecule is Cc1cc(C#CCCO)cc(NC(=O)C2CC2(C)C)c1. The molecule has 3 heteroatoms. The summed E-state index contributed by atoms with van der Waals surface area (Å²) in [4.78, 5) is 12.1. The van der Waals surface area contributed by atoms with Crippen LogP contribution in [0.5, 0.6) is 0 Å². The first kappa shape index (κ1) is 14.6. The Bertz CT molecular complexity index is 578. The number of aliphatic hydroxyl groups excluding tert-OH is 1. The molecule has 1 aromatic carbocycles. The molecule has 2 N–H and O–H groups in total. The molecule has 1 saturated carbocycles. The van der Waals surface area contributed by atoms with Crippen molar-refractivity contribution < 1.29 is 9.90 Å². The fraction of sp³-hybridized carbons (Fsp3) is 0.471. The van der Waals surface area contributed by atoms with E-state index in [2.05, 4.69) is 31.0 Å². The molecule has 0 saturated heterocycles. The first-order valence-electron chi connectivity index (χ1n) is 6.95. The van der Waals surface area contributed by atoms with Crippen LogP contribution in [0.3, 0.4) is 0 Å². The molecular weight excluding hydrogens is 250 g/mol. The first-order valence-corrected chi connectivity index (χ1v) is 6.95. The van der Waals surface area contributed by atoms with Gasteiger partial charge in [0.15, 0.2) is 0 Å². The molecule has 0 aliphatic heterocycles. The number of nitrogens with one attached hydrogen (secondary N) is 1. The maximum atomic E-state index is 12.1. The van der Waals surface area contributed by atoms with Crippen molar-refractivity contribution in [3.05, 3.63) is 29.3 Å². The Kier molecular flexibility index (Phi) is 4.15. The van der Waals surface area contributed by atoms with Crippen molar-refractivity contribution in [2.24, 2.45) is 11.3 Å². The molecule has 1 atom stereocenters. The molecule has 1 aliphatic carbocycles. The number of anilines is 1. The third-order valence-corrected chi connectivity index (χ3v) is 3.64. The fourth-order valence-electron chi connectivity index (χ4n) is 2.29. The molecule has 2 rings (SSSR count). The normalized spacial score (nSPS) is 18.9. The second-order valence-corrected chi connectivity index (χ2v) is 6.10. The van der Waals surface area contributed by atoms with Gasteiger partial charge in [0, 0.05) is 23.6 Å². The Morgan fingerprint density at radius 1 is 1.45 bits per heavy atom. The number of benzene rings is 1. The van der Waals surface area contributed by atoms with Crippen LogP contribution < -0.4 is 5.32 Å². The van der Waals surface area contributed by atoms with Gasteiger partial charge in [-0.25, -0.2) is 0 Å². The minimum atomic E-state index is 0.0686. The van der Waals surface area contributed by atoms with Crippen LogP contribution in [0.1, 0.15) is 37.8 Å². The maximum Gasteiger partial charge on any atom is 0.228 e. The smallest absolute Gasteiger partial charge is 0.228 e. The van der Waals surface area contributed by atoms with Crippen molar-refractivity contribution in [2.75, 3.05) is 11.9 Å². The predicted octanol–water partition coefficient (Wildman–Crippen LogP) is 2.71. The van der Waals surface area contributed by atoms with Crippen molar-refractivity contribution in [1.82, 2.24) is 0 Å². The number of aliphatic hydroxyl groups is 1. The van der Waals surface area contributed by atoms with E-state index in [1.165, 1.54) is 0 Å². The number of hydrogen-bond donors (Lipinski definition) is 2. The van der Waals surface area contributed by atoms with Crippen molar-refractivity contribution in [2.45, 2.75) is 33.6 Å². The topological polar surface area (TPSA) is 49.3 Å². The number of rotatable bonds is 3. The molecule has 1 fully saturated rings. The summed E-state index contributed by atoms with van der Waals surface area (Å²) in [6.07, 6.45) is 1.42. The molecule has 0 radical (unpaired) electrons. The lowest BCUT2D eigenvalue weighted by Gasteiger charge is -2.08. The zero-order chi connectivity index (χ0) is 14.8. The van der Waals surface area contributed by atoms with Gasteiger partial charge in [0.1, 0.15) is 0 Å². The van der Waals surface area contributed by atoms with Crippen LogP contribution in [0.25, 0.3) is 0 Å². The second kappa shape index (κ2) is 5.68. The molecule has 0 bridgehead atoms. The average Bonchev–Trinajstić information content (AvgIpc) is 2.98. The molecule has 1 aromatic rings. The van der Waals surface area contributed by atoms with Gasteiger partial charge in [-0.2, -0.15) is 0 Å². The van der Waals surface area contributed by atoms with Gasteiger partial charge in [-0.05, 0) is 42.5 Å². The average molecular weight is 271 g/mol. The monoisotopic (exact) mass is 271 g/mol. The van der Waals surface area contributed by atoms with Crippen molar-refractivity contribution in [1.29, 1.82) is 0 Å². The zero-order valence-electron chi connectivity index (χ0n) is 12.3. The maximum absolute atomic E-state index is 12.1. The van der Waals surface area contributed by atoms with E-state index < -0.39 is 0 Å². The third kappa shape index (κ3) is 3.61. The molecule has 1 unspecified atom stereocenters. The largest absolute Gasteiger partial charge is 0.395 e. The van der Waals surface area contributed by atoms with Gasteiger partial charge >= 0.3 is 0 Å². The van der Waals surface area contributed by atoms with Crippen LogP contribution in [0.15, 0.2) is 18.2 Å². The molecule has 0 aromatic heterocycles. The molecule has 0 spiro atoms. The van der Waals surface area contributed by atoms with E-state index in [-0.39, 0.29) is 23.8 Å². The van der Waals surface area contributed by atoms with E-state index in [0.717, 1.165) is 23.2 Å². The lowest BCUT2D eigenvalue weighted by atomic mass is 10.1. The first-order chi connectivity index (χ1) is 9.42. The predicted molar refractivity (Wildman–Crippen MR) is 80.3 cm³/mol. The Morgan fingerprint density at radius 3 is 2.75 bits per heavy atom. The molecule has 106 valence electrons. The summed E-state index contributed by atoms with van der Waals surface area (Å²) in [6.45, 7) is 6.27. The minimum absolute atomic E-state index is 0.0686. The van der Waals surface area contributed by atoms with Gasteiger partial charge in [0.05, 0.1) is 6.61 Å². The molecule has 1 amide bonds. The summed E-state index contributed by atoms with van der Waals surface area (Å²) in [7, 11) is 0. The lowest BCUT2D eigenvalue weighted by molar-refractivity contribution is -0.117. The van der Waals surface area contributed by atoms with Gasteiger partial charge in [-0.3, -0.25) is 4.79 Å². The Morgan fingerprint density at radius 2 is 2.15 bits per heavy atom. The third-order valence-electron chi connectivity index (χ3n) is 3.64. The van der Waals surface area contributed by atoms with Gasteiger partial charge in [-0.1, -0.05) is 25.7 Å². The molecule has 3 nitrogen and oxygen atoms in total. The highest BCUT2D eigenvalue weighted by atomic mass is 16.2. The second-order valence-electron chi connectivity index (χ2n) is 6.10. The number of aryl methyl sites for hydroxylation is 1. The van der Waals surface area contributed by atoms with Gasteiger partial charge < -0.3 is 10.4 Å². The Hall–Kier alpha value is -1.79. The quantitative estimate of drug-likeness (QED) is 0.830. The minimum Gasteiger partial charge on any atom is -0.395 e. The zero-order valence-corrected chi connectivity index (χ0v) is 12.3. The summed E-state index contributed by atoms with van der Waals surface area (Å²) in [5.41, 5.74) is 2.86. The van der Waals surface area contributed by atoms with E-state index in [0.29, 0.717) is 6.42 Å². The van der Waals surface area contributed by atoms with Crippen LogP contribution in [0.2, 0.25) is 0 Å². The van der Waals surface area contributed by atoms with E-state index in [1.54, 1.807) is 0 Å².